The van der Waals surface area contributed by atoms with Gasteiger partial charge in [0.15, 0.2) is 5.16 Å². The maximum absolute atomic E-state index is 12.7. The maximum atomic E-state index is 12.7. The van der Waals surface area contributed by atoms with Crippen molar-refractivity contribution >= 4 is 23.5 Å². The van der Waals surface area contributed by atoms with Crippen molar-refractivity contribution in [2.75, 3.05) is 25.3 Å². The Balaban J connectivity index is 1.77. The molecule has 134 valence electrons. The molecule has 0 atom stereocenters. The standard InChI is InChI=1S/C19H21N5OS/c1-23(2)17-10-9-14(11-20-17)12-21-18(25)16-13-22-19(26-3)24(16)15-7-5-4-6-8-15/h4-11,13H,12H2,1-3H3,(H,21,25). The third-order valence-electron chi connectivity index (χ3n) is 3.88. The van der Waals surface area contributed by atoms with E-state index in [1.165, 1.54) is 11.8 Å². The number of imidazole rings is 1. The Labute approximate surface area is 157 Å². The molecule has 0 saturated carbocycles. The van der Waals surface area contributed by atoms with Crippen molar-refractivity contribution in [2.45, 2.75) is 11.7 Å². The minimum atomic E-state index is -0.168. The number of hydrogen-bond donors (Lipinski definition) is 1. The summed E-state index contributed by atoms with van der Waals surface area (Å²) in [5.74, 6) is 0.713. The van der Waals surface area contributed by atoms with Gasteiger partial charge in [0, 0.05) is 32.5 Å². The molecule has 0 bridgehead atoms. The van der Waals surface area contributed by atoms with Gasteiger partial charge in [-0.1, -0.05) is 36.0 Å². The van der Waals surface area contributed by atoms with Crippen molar-refractivity contribution in [3.63, 3.8) is 0 Å². The molecule has 6 nitrogen and oxygen atoms in total. The van der Waals surface area contributed by atoms with E-state index in [9.17, 15) is 4.79 Å². The smallest absolute Gasteiger partial charge is 0.270 e. The molecule has 3 aromatic rings. The predicted molar refractivity (Wildman–Crippen MR) is 105 cm³/mol. The lowest BCUT2D eigenvalue weighted by Gasteiger charge is -2.12. The van der Waals surface area contributed by atoms with Crippen LogP contribution in [0.3, 0.4) is 0 Å². The zero-order valence-electron chi connectivity index (χ0n) is 15.0. The molecule has 0 fully saturated rings. The lowest BCUT2D eigenvalue weighted by Crippen LogP contribution is -2.25. The number of aromatic nitrogens is 3. The first-order valence-electron chi connectivity index (χ1n) is 8.17. The van der Waals surface area contributed by atoms with Crippen LogP contribution in [0.15, 0.2) is 60.0 Å². The minimum Gasteiger partial charge on any atom is -0.363 e. The van der Waals surface area contributed by atoms with E-state index in [1.807, 2.05) is 72.3 Å². The van der Waals surface area contributed by atoms with Crippen LogP contribution in [0.1, 0.15) is 16.1 Å². The van der Waals surface area contributed by atoms with E-state index >= 15 is 0 Å². The first-order chi connectivity index (χ1) is 12.6. The summed E-state index contributed by atoms with van der Waals surface area (Å²) in [6, 6.07) is 13.7. The second-order valence-corrected chi connectivity index (χ2v) is 6.68. The highest BCUT2D eigenvalue weighted by Gasteiger charge is 2.17. The molecule has 1 aromatic carbocycles. The molecule has 0 aliphatic heterocycles. The molecule has 2 heterocycles. The van der Waals surface area contributed by atoms with Gasteiger partial charge in [-0.25, -0.2) is 9.97 Å². The van der Waals surface area contributed by atoms with Gasteiger partial charge >= 0.3 is 0 Å². The quantitative estimate of drug-likeness (QED) is 0.679. The Morgan fingerprint density at radius 2 is 1.88 bits per heavy atom. The van der Waals surface area contributed by atoms with Crippen molar-refractivity contribution in [1.29, 1.82) is 0 Å². The van der Waals surface area contributed by atoms with Crippen molar-refractivity contribution in [1.82, 2.24) is 19.9 Å². The van der Waals surface area contributed by atoms with Gasteiger partial charge in [-0.05, 0) is 30.0 Å². The zero-order chi connectivity index (χ0) is 18.5. The maximum Gasteiger partial charge on any atom is 0.270 e. The second kappa shape index (κ2) is 8.05. The number of rotatable bonds is 6. The lowest BCUT2D eigenvalue weighted by molar-refractivity contribution is 0.0943. The molecule has 3 rings (SSSR count). The lowest BCUT2D eigenvalue weighted by atomic mass is 10.2. The van der Waals surface area contributed by atoms with Crippen LogP contribution in [0.5, 0.6) is 0 Å². The van der Waals surface area contributed by atoms with Gasteiger partial charge < -0.3 is 10.2 Å². The monoisotopic (exact) mass is 367 g/mol. The van der Waals surface area contributed by atoms with E-state index in [2.05, 4.69) is 15.3 Å². The Morgan fingerprint density at radius 1 is 1.12 bits per heavy atom. The highest BCUT2D eigenvalue weighted by molar-refractivity contribution is 7.98. The van der Waals surface area contributed by atoms with Crippen molar-refractivity contribution < 1.29 is 4.79 Å². The van der Waals surface area contributed by atoms with Crippen molar-refractivity contribution in [2.24, 2.45) is 0 Å². The molecular formula is C19H21N5OS. The van der Waals surface area contributed by atoms with Crippen molar-refractivity contribution in [3.05, 3.63) is 66.1 Å². The summed E-state index contributed by atoms with van der Waals surface area (Å²) in [4.78, 5) is 23.4. The number of benzene rings is 1. The summed E-state index contributed by atoms with van der Waals surface area (Å²) in [6.45, 7) is 0.411. The zero-order valence-corrected chi connectivity index (χ0v) is 15.8. The van der Waals surface area contributed by atoms with E-state index in [0.29, 0.717) is 12.2 Å². The van der Waals surface area contributed by atoms with Crippen LogP contribution in [0.2, 0.25) is 0 Å². The van der Waals surface area contributed by atoms with Crippen LogP contribution in [0.25, 0.3) is 5.69 Å². The number of para-hydroxylation sites is 1. The number of hydrogen-bond acceptors (Lipinski definition) is 5. The first-order valence-corrected chi connectivity index (χ1v) is 9.40. The summed E-state index contributed by atoms with van der Waals surface area (Å²) in [5.41, 5.74) is 2.37. The highest BCUT2D eigenvalue weighted by Crippen LogP contribution is 2.21. The van der Waals surface area contributed by atoms with Gasteiger partial charge in [-0.3, -0.25) is 9.36 Å². The molecule has 1 N–H and O–H groups in total. The van der Waals surface area contributed by atoms with Crippen LogP contribution in [-0.4, -0.2) is 40.8 Å². The average Bonchev–Trinajstić information content (AvgIpc) is 3.11. The van der Waals surface area contributed by atoms with Gasteiger partial charge in [-0.2, -0.15) is 0 Å². The molecule has 2 aromatic heterocycles. The van der Waals surface area contributed by atoms with E-state index in [4.69, 9.17) is 0 Å². The molecule has 26 heavy (non-hydrogen) atoms. The summed E-state index contributed by atoms with van der Waals surface area (Å²) in [7, 11) is 3.88. The van der Waals surface area contributed by atoms with Gasteiger partial charge in [-0.15, -0.1) is 0 Å². The topological polar surface area (TPSA) is 63.1 Å². The molecule has 0 spiro atoms. The molecule has 0 aliphatic rings. The van der Waals surface area contributed by atoms with E-state index < -0.39 is 0 Å². The highest BCUT2D eigenvalue weighted by atomic mass is 32.2. The Hall–Kier alpha value is -2.80. The van der Waals surface area contributed by atoms with Crippen molar-refractivity contribution in [3.8, 4) is 5.69 Å². The van der Waals surface area contributed by atoms with E-state index in [1.54, 1.807) is 12.4 Å². The van der Waals surface area contributed by atoms with E-state index in [0.717, 1.165) is 22.2 Å². The molecule has 1 amide bonds. The summed E-state index contributed by atoms with van der Waals surface area (Å²) < 4.78 is 1.87. The molecule has 7 heteroatoms. The Bertz CT molecular complexity index is 875. The van der Waals surface area contributed by atoms with Crippen LogP contribution in [0.4, 0.5) is 5.82 Å². The number of anilines is 1. The number of amides is 1. The van der Waals surface area contributed by atoms with Crippen LogP contribution in [-0.2, 0) is 6.54 Å². The summed E-state index contributed by atoms with van der Waals surface area (Å²) in [6.07, 6.45) is 5.33. The summed E-state index contributed by atoms with van der Waals surface area (Å²) >= 11 is 1.50. The predicted octanol–water partition coefficient (Wildman–Crippen LogP) is 2.99. The number of pyridine rings is 1. The van der Waals surface area contributed by atoms with Gasteiger partial charge in [0.05, 0.1) is 6.20 Å². The molecule has 0 unspecified atom stereocenters. The summed E-state index contributed by atoms with van der Waals surface area (Å²) in [5, 5.41) is 3.73. The third-order valence-corrected chi connectivity index (χ3v) is 4.53. The van der Waals surface area contributed by atoms with Gasteiger partial charge in [0.2, 0.25) is 0 Å². The largest absolute Gasteiger partial charge is 0.363 e. The number of thioether (sulfide) groups is 1. The molecule has 0 radical (unpaired) electrons. The second-order valence-electron chi connectivity index (χ2n) is 5.90. The van der Waals surface area contributed by atoms with Crippen LogP contribution >= 0.6 is 11.8 Å². The molecule has 0 saturated heterocycles. The fourth-order valence-corrected chi connectivity index (χ4v) is 3.07. The Kier molecular flexibility index (Phi) is 5.58. The van der Waals surface area contributed by atoms with Crippen LogP contribution < -0.4 is 10.2 Å². The molecule has 0 aliphatic carbocycles. The minimum absolute atomic E-state index is 0.168. The average molecular weight is 367 g/mol. The SMILES string of the molecule is CSc1ncc(C(=O)NCc2ccc(N(C)C)nc2)n1-c1ccccc1. The normalized spacial score (nSPS) is 10.6. The van der Waals surface area contributed by atoms with Crippen LogP contribution in [0, 0.1) is 0 Å². The fraction of sp³-hybridized carbons (Fsp3) is 0.211. The fourth-order valence-electron chi connectivity index (χ4n) is 2.52. The number of nitrogens with one attached hydrogen (secondary N) is 1. The van der Waals surface area contributed by atoms with E-state index in [-0.39, 0.29) is 5.91 Å². The third kappa shape index (κ3) is 3.88. The number of carbonyl (C=O) groups excluding carboxylic acids is 1. The number of carbonyl (C=O) groups is 1. The number of nitrogens with zero attached hydrogens (tertiary/aromatic N) is 4. The first kappa shape index (κ1) is 18.0. The molecular weight excluding hydrogens is 346 g/mol. The Morgan fingerprint density at radius 3 is 2.50 bits per heavy atom. The van der Waals surface area contributed by atoms with Gasteiger partial charge in [0.25, 0.3) is 5.91 Å². The van der Waals surface area contributed by atoms with Gasteiger partial charge in [0.1, 0.15) is 11.5 Å².